The predicted octanol–water partition coefficient (Wildman–Crippen LogP) is 2.53. The van der Waals surface area contributed by atoms with Crippen molar-refractivity contribution in [2.24, 2.45) is 4.99 Å². The van der Waals surface area contributed by atoms with Crippen molar-refractivity contribution in [3.63, 3.8) is 0 Å². The molecule has 2 N–H and O–H groups in total. The van der Waals surface area contributed by atoms with Gasteiger partial charge >= 0.3 is 12.1 Å². The monoisotopic (exact) mass is 461 g/mol. The van der Waals surface area contributed by atoms with Gasteiger partial charge in [0, 0.05) is 32.0 Å². The number of piperidine rings is 1. The lowest BCUT2D eigenvalue weighted by molar-refractivity contribution is -0.153. The number of hydrogen-bond donors (Lipinski definition) is 2. The van der Waals surface area contributed by atoms with E-state index < -0.39 is 5.97 Å². The maximum Gasteiger partial charge on any atom is 0.410 e. The van der Waals surface area contributed by atoms with E-state index in [9.17, 15) is 9.59 Å². The van der Waals surface area contributed by atoms with Crippen LogP contribution in [0, 0.1) is 6.92 Å². The zero-order valence-corrected chi connectivity index (χ0v) is 19.4. The van der Waals surface area contributed by atoms with Gasteiger partial charge in [0.05, 0.1) is 36.7 Å². The highest BCUT2D eigenvalue weighted by atomic mass is 16.7. The number of anilines is 1. The van der Waals surface area contributed by atoms with E-state index in [1.165, 1.54) is 0 Å². The summed E-state index contributed by atoms with van der Waals surface area (Å²) in [5, 5.41) is 13.7. The van der Waals surface area contributed by atoms with E-state index in [0.717, 1.165) is 5.69 Å². The molecule has 11 heteroatoms. The second-order valence-electron chi connectivity index (χ2n) is 8.10. The minimum absolute atomic E-state index is 0.0740. The summed E-state index contributed by atoms with van der Waals surface area (Å²) in [6.45, 7) is 6.83. The van der Waals surface area contributed by atoms with Crippen LogP contribution in [-0.2, 0) is 25.5 Å². The maximum atomic E-state index is 12.1. The van der Waals surface area contributed by atoms with Gasteiger partial charge in [-0.05, 0) is 32.9 Å². The Morgan fingerprint density at radius 3 is 2.61 bits per heavy atom. The van der Waals surface area contributed by atoms with Crippen molar-refractivity contribution in [2.45, 2.75) is 52.2 Å². The molecule has 1 aromatic rings. The first-order chi connectivity index (χ1) is 15.7. The number of aliphatic imine (C=N–C) groups is 1. The third kappa shape index (κ3) is 6.82. The van der Waals surface area contributed by atoms with Crippen molar-refractivity contribution in [3.8, 4) is 0 Å². The number of aliphatic carboxylic acids is 1. The van der Waals surface area contributed by atoms with Crippen molar-refractivity contribution < 1.29 is 29.0 Å². The molecule has 33 heavy (non-hydrogen) atoms. The molecule has 0 saturated carbocycles. The van der Waals surface area contributed by atoms with Gasteiger partial charge in [0.15, 0.2) is 0 Å². The largest absolute Gasteiger partial charge is 0.481 e. The van der Waals surface area contributed by atoms with E-state index in [-0.39, 0.29) is 31.4 Å². The van der Waals surface area contributed by atoms with Gasteiger partial charge in [-0.2, -0.15) is 0 Å². The molecule has 1 aromatic heterocycles. The normalized spacial score (nSPS) is 16.9. The number of hydrogen-bond acceptors (Lipinski definition) is 9. The molecule has 2 aliphatic heterocycles. The highest BCUT2D eigenvalue weighted by Crippen LogP contribution is 2.22. The van der Waals surface area contributed by atoms with E-state index in [0.29, 0.717) is 49.0 Å². The summed E-state index contributed by atoms with van der Waals surface area (Å²) in [7, 11) is 1.55. The van der Waals surface area contributed by atoms with Crippen LogP contribution in [0.4, 0.5) is 10.5 Å². The smallest absolute Gasteiger partial charge is 0.410 e. The van der Waals surface area contributed by atoms with Crippen molar-refractivity contribution in [1.82, 2.24) is 14.9 Å². The molecule has 0 radical (unpaired) electrons. The summed E-state index contributed by atoms with van der Waals surface area (Å²) in [5.74, 6) is 0.171. The quantitative estimate of drug-likeness (QED) is 0.630. The Balaban J connectivity index is 1.61. The molecular formula is C22H31N5O6. The molecule has 0 spiro atoms. The molecule has 3 rings (SSSR count). The number of amidine groups is 1. The number of pyridine rings is 1. The number of aromatic nitrogens is 1. The van der Waals surface area contributed by atoms with Gasteiger partial charge in [-0.15, -0.1) is 0 Å². The minimum Gasteiger partial charge on any atom is -0.481 e. The van der Waals surface area contributed by atoms with Crippen LogP contribution in [0.1, 0.15) is 38.1 Å². The van der Waals surface area contributed by atoms with Crippen LogP contribution in [0.3, 0.4) is 0 Å². The number of carboxylic acid groups (broad SMARTS) is 1. The zero-order chi connectivity index (χ0) is 24.0. The van der Waals surface area contributed by atoms with Crippen LogP contribution in [0.25, 0.3) is 0 Å². The predicted molar refractivity (Wildman–Crippen MR) is 120 cm³/mol. The number of hydroxylamine groups is 2. The lowest BCUT2D eigenvalue weighted by Gasteiger charge is -2.34. The molecule has 0 aliphatic carbocycles. The lowest BCUT2D eigenvalue weighted by Crippen LogP contribution is -2.42. The molecule has 0 unspecified atom stereocenters. The van der Waals surface area contributed by atoms with Crippen LogP contribution in [0.2, 0.25) is 0 Å². The molecular weight excluding hydrogens is 430 g/mol. The Bertz CT molecular complexity index is 924. The van der Waals surface area contributed by atoms with Gasteiger partial charge in [-0.1, -0.05) is 0 Å². The van der Waals surface area contributed by atoms with Crippen LogP contribution in [0.15, 0.2) is 29.1 Å². The number of nitrogens with one attached hydrogen (secondary N) is 1. The van der Waals surface area contributed by atoms with Crippen LogP contribution >= 0.6 is 0 Å². The average molecular weight is 462 g/mol. The highest BCUT2D eigenvalue weighted by Gasteiger charge is 2.28. The van der Waals surface area contributed by atoms with Crippen molar-refractivity contribution in [2.75, 3.05) is 32.2 Å². The zero-order valence-electron chi connectivity index (χ0n) is 19.4. The molecule has 2 aliphatic rings. The van der Waals surface area contributed by atoms with Crippen molar-refractivity contribution >= 4 is 23.6 Å². The Labute approximate surface area is 193 Å². The van der Waals surface area contributed by atoms with Gasteiger partial charge < -0.3 is 24.8 Å². The average Bonchev–Trinajstić information content (AvgIpc) is 2.75. The van der Waals surface area contributed by atoms with E-state index in [1.807, 2.05) is 13.8 Å². The minimum atomic E-state index is -0.925. The van der Waals surface area contributed by atoms with E-state index >= 15 is 0 Å². The first kappa shape index (κ1) is 24.3. The fourth-order valence-electron chi connectivity index (χ4n) is 3.50. The number of likely N-dealkylation sites (tertiary alicyclic amines) is 1. The van der Waals surface area contributed by atoms with Crippen LogP contribution < -0.4 is 5.32 Å². The molecule has 0 aromatic carbocycles. The molecule has 1 saturated heterocycles. The summed E-state index contributed by atoms with van der Waals surface area (Å²) in [4.78, 5) is 38.8. The maximum absolute atomic E-state index is 12.1. The summed E-state index contributed by atoms with van der Waals surface area (Å²) in [6.07, 6.45) is 2.46. The first-order valence-electron chi connectivity index (χ1n) is 10.9. The molecule has 1 amide bonds. The molecule has 11 nitrogen and oxygen atoms in total. The Morgan fingerprint density at radius 1 is 1.27 bits per heavy atom. The fourth-order valence-corrected chi connectivity index (χ4v) is 3.50. The fraction of sp³-hybridized carbons (Fsp3) is 0.545. The van der Waals surface area contributed by atoms with Gasteiger partial charge in [-0.3, -0.25) is 14.6 Å². The van der Waals surface area contributed by atoms with Crippen LogP contribution in [0.5, 0.6) is 0 Å². The molecule has 0 atom stereocenters. The number of nitrogens with zero attached hydrogens (tertiary/aromatic N) is 4. The summed E-state index contributed by atoms with van der Waals surface area (Å²) < 4.78 is 11.5. The molecule has 180 valence electrons. The standard InChI is InChI=1S/C22H31N5O6/c1-14(2)32-22(30)26-9-7-17(8-10-26)33-20-12-19(23-13-27(20)31-4)25-18-6-5-16(11-21(28)29)24-15(18)3/h5-6,12,14,17H,7-11,13H2,1-4H3,(H,23,25)(H,28,29). The number of carbonyl (C=O) groups excluding carboxylic acids is 1. The number of carboxylic acids is 1. The number of rotatable bonds is 7. The highest BCUT2D eigenvalue weighted by molar-refractivity contribution is 6.04. The second kappa shape index (κ2) is 11.0. The molecule has 3 heterocycles. The topological polar surface area (TPSA) is 126 Å². The summed E-state index contributed by atoms with van der Waals surface area (Å²) >= 11 is 0. The van der Waals surface area contributed by atoms with Gasteiger partial charge in [0.2, 0.25) is 5.88 Å². The third-order valence-electron chi connectivity index (χ3n) is 5.16. The first-order valence-corrected chi connectivity index (χ1v) is 10.9. The summed E-state index contributed by atoms with van der Waals surface area (Å²) in [6, 6.07) is 3.46. The van der Waals surface area contributed by atoms with E-state index in [2.05, 4.69) is 15.3 Å². The van der Waals surface area contributed by atoms with Crippen LogP contribution in [-0.4, -0.2) is 77.0 Å². The number of carbonyl (C=O) groups is 2. The van der Waals surface area contributed by atoms with Crippen molar-refractivity contribution in [3.05, 3.63) is 35.5 Å². The van der Waals surface area contributed by atoms with E-state index in [4.69, 9.17) is 19.4 Å². The molecule has 0 bridgehead atoms. The SMILES string of the molecule is CON1CN=C(Nc2ccc(CC(=O)O)nc2C)C=C1OC1CCN(C(=O)OC(C)C)CC1. The Kier molecular flexibility index (Phi) is 8.10. The van der Waals surface area contributed by atoms with Crippen molar-refractivity contribution in [1.29, 1.82) is 0 Å². The van der Waals surface area contributed by atoms with Gasteiger partial charge in [-0.25, -0.2) is 14.9 Å². The number of amides is 1. The van der Waals surface area contributed by atoms with E-state index in [1.54, 1.807) is 42.2 Å². The third-order valence-corrected chi connectivity index (χ3v) is 5.16. The summed E-state index contributed by atoms with van der Waals surface area (Å²) in [5.41, 5.74) is 1.88. The molecule has 1 fully saturated rings. The Morgan fingerprint density at radius 2 is 2.00 bits per heavy atom. The van der Waals surface area contributed by atoms with Gasteiger partial charge in [0.1, 0.15) is 18.6 Å². The van der Waals surface area contributed by atoms with Gasteiger partial charge in [0.25, 0.3) is 0 Å². The Hall–Kier alpha value is -3.34. The second-order valence-corrected chi connectivity index (χ2v) is 8.10. The number of ether oxygens (including phenoxy) is 2. The lowest BCUT2D eigenvalue weighted by atomic mass is 10.1. The number of aryl methyl sites for hydroxylation is 1.